The van der Waals surface area contributed by atoms with Crippen molar-refractivity contribution in [3.8, 4) is 0 Å². The molecule has 0 aromatic carbocycles. The highest BCUT2D eigenvalue weighted by Crippen LogP contribution is 2.18. The summed E-state index contributed by atoms with van der Waals surface area (Å²) in [6, 6.07) is 0. The van der Waals surface area contributed by atoms with E-state index in [4.69, 9.17) is 10.5 Å². The average Bonchev–Trinajstić information content (AvgIpc) is 2.52. The van der Waals surface area contributed by atoms with Crippen molar-refractivity contribution in [2.45, 2.75) is 26.3 Å². The van der Waals surface area contributed by atoms with Crippen molar-refractivity contribution in [1.82, 2.24) is 9.78 Å². The van der Waals surface area contributed by atoms with E-state index in [2.05, 4.69) is 5.10 Å². The summed E-state index contributed by atoms with van der Waals surface area (Å²) in [4.78, 5) is 0. The normalized spacial score (nSPS) is 22.5. The van der Waals surface area contributed by atoms with Gasteiger partial charge in [-0.1, -0.05) is 0 Å². The number of nitrogens with zero attached hydrogens (tertiary/aromatic N) is 2. The molecule has 0 aliphatic carbocycles. The van der Waals surface area contributed by atoms with E-state index in [1.54, 1.807) is 0 Å². The van der Waals surface area contributed by atoms with Gasteiger partial charge in [-0.3, -0.25) is 0 Å². The van der Waals surface area contributed by atoms with Crippen LogP contribution in [0.1, 0.15) is 18.4 Å². The van der Waals surface area contributed by atoms with Crippen LogP contribution < -0.4 is 5.73 Å². The first-order chi connectivity index (χ1) is 6.77. The second-order valence-corrected chi connectivity index (χ2v) is 3.98. The molecular weight excluding hydrogens is 178 g/mol. The molecule has 0 spiro atoms. The number of hydrogen-bond acceptors (Lipinski definition) is 3. The molecule has 2 N–H and O–H groups in total. The third kappa shape index (κ3) is 1.90. The van der Waals surface area contributed by atoms with Crippen molar-refractivity contribution >= 4 is 5.82 Å². The van der Waals surface area contributed by atoms with Gasteiger partial charge in [-0.25, -0.2) is 4.68 Å². The van der Waals surface area contributed by atoms with Gasteiger partial charge in [-0.15, -0.1) is 0 Å². The summed E-state index contributed by atoms with van der Waals surface area (Å²) >= 11 is 0. The SMILES string of the molecule is Cc1cnn(CC2CCCOC2)c1N. The Bertz CT molecular complexity index is 302. The Hall–Kier alpha value is -1.03. The maximum Gasteiger partial charge on any atom is 0.124 e. The van der Waals surface area contributed by atoms with Gasteiger partial charge in [0.2, 0.25) is 0 Å². The molecule has 78 valence electrons. The lowest BCUT2D eigenvalue weighted by Gasteiger charge is -2.22. The van der Waals surface area contributed by atoms with E-state index in [1.165, 1.54) is 6.42 Å². The van der Waals surface area contributed by atoms with E-state index >= 15 is 0 Å². The molecule has 1 saturated heterocycles. The Labute approximate surface area is 84.0 Å². The Kier molecular flexibility index (Phi) is 2.72. The predicted molar refractivity (Wildman–Crippen MR) is 54.9 cm³/mol. The molecule has 2 rings (SSSR count). The standard InChI is InChI=1S/C10H17N3O/c1-8-5-12-13(10(8)11)6-9-3-2-4-14-7-9/h5,9H,2-4,6-7,11H2,1H3. The molecule has 0 saturated carbocycles. The quantitative estimate of drug-likeness (QED) is 0.771. The number of anilines is 1. The Morgan fingerprint density at radius 3 is 3.14 bits per heavy atom. The molecule has 1 atom stereocenters. The van der Waals surface area contributed by atoms with Crippen LogP contribution in [0.3, 0.4) is 0 Å². The number of rotatable bonds is 2. The molecule has 0 amide bonds. The lowest BCUT2D eigenvalue weighted by molar-refractivity contribution is 0.0472. The smallest absolute Gasteiger partial charge is 0.124 e. The predicted octanol–water partition coefficient (Wildman–Crippen LogP) is 1.20. The molecule has 2 heterocycles. The van der Waals surface area contributed by atoms with Crippen LogP contribution in [0.15, 0.2) is 6.20 Å². The zero-order valence-electron chi connectivity index (χ0n) is 8.57. The summed E-state index contributed by atoms with van der Waals surface area (Å²) < 4.78 is 7.30. The van der Waals surface area contributed by atoms with E-state index in [1.807, 2.05) is 17.8 Å². The van der Waals surface area contributed by atoms with Gasteiger partial charge in [0.1, 0.15) is 5.82 Å². The highest BCUT2D eigenvalue weighted by atomic mass is 16.5. The Morgan fingerprint density at radius 1 is 1.71 bits per heavy atom. The number of ether oxygens (including phenoxy) is 1. The van der Waals surface area contributed by atoms with Gasteiger partial charge in [0.25, 0.3) is 0 Å². The van der Waals surface area contributed by atoms with Crippen LogP contribution in [0.4, 0.5) is 5.82 Å². The minimum absolute atomic E-state index is 0.574. The van der Waals surface area contributed by atoms with Crippen molar-refractivity contribution < 1.29 is 4.74 Å². The van der Waals surface area contributed by atoms with Gasteiger partial charge in [-0.05, 0) is 19.8 Å². The van der Waals surface area contributed by atoms with Crippen molar-refractivity contribution in [3.05, 3.63) is 11.8 Å². The van der Waals surface area contributed by atoms with Crippen LogP contribution >= 0.6 is 0 Å². The van der Waals surface area contributed by atoms with Gasteiger partial charge >= 0.3 is 0 Å². The Morgan fingerprint density at radius 2 is 2.57 bits per heavy atom. The summed E-state index contributed by atoms with van der Waals surface area (Å²) in [7, 11) is 0. The average molecular weight is 195 g/mol. The van der Waals surface area contributed by atoms with Crippen molar-refractivity contribution in [2.24, 2.45) is 5.92 Å². The molecule has 1 aromatic heterocycles. The van der Waals surface area contributed by atoms with Crippen molar-refractivity contribution in [3.63, 3.8) is 0 Å². The fraction of sp³-hybridized carbons (Fsp3) is 0.700. The second kappa shape index (κ2) is 4.00. The van der Waals surface area contributed by atoms with Crippen LogP contribution in [0.5, 0.6) is 0 Å². The zero-order valence-corrected chi connectivity index (χ0v) is 8.57. The van der Waals surface area contributed by atoms with Gasteiger partial charge in [-0.2, -0.15) is 5.10 Å². The maximum atomic E-state index is 5.88. The third-order valence-electron chi connectivity index (χ3n) is 2.76. The third-order valence-corrected chi connectivity index (χ3v) is 2.76. The summed E-state index contributed by atoms with van der Waals surface area (Å²) in [5.41, 5.74) is 6.94. The van der Waals surface area contributed by atoms with Crippen molar-refractivity contribution in [1.29, 1.82) is 0 Å². The van der Waals surface area contributed by atoms with Gasteiger partial charge in [0, 0.05) is 24.6 Å². The highest BCUT2D eigenvalue weighted by Gasteiger charge is 2.16. The van der Waals surface area contributed by atoms with E-state index < -0.39 is 0 Å². The number of aromatic nitrogens is 2. The Balaban J connectivity index is 1.99. The second-order valence-electron chi connectivity index (χ2n) is 3.98. The molecule has 1 unspecified atom stereocenters. The fourth-order valence-electron chi connectivity index (χ4n) is 1.83. The van der Waals surface area contributed by atoms with Gasteiger partial charge < -0.3 is 10.5 Å². The number of aryl methyl sites for hydroxylation is 1. The molecule has 4 heteroatoms. The zero-order chi connectivity index (χ0) is 9.97. The minimum Gasteiger partial charge on any atom is -0.384 e. The number of hydrogen-bond donors (Lipinski definition) is 1. The molecule has 1 aliphatic rings. The van der Waals surface area contributed by atoms with Gasteiger partial charge in [0.15, 0.2) is 0 Å². The van der Waals surface area contributed by atoms with Gasteiger partial charge in [0.05, 0.1) is 12.8 Å². The molecule has 0 radical (unpaired) electrons. The lowest BCUT2D eigenvalue weighted by Crippen LogP contribution is -2.23. The summed E-state index contributed by atoms with van der Waals surface area (Å²) in [6.45, 7) is 4.62. The fourth-order valence-corrected chi connectivity index (χ4v) is 1.83. The van der Waals surface area contributed by atoms with Crippen LogP contribution in [-0.2, 0) is 11.3 Å². The lowest BCUT2D eigenvalue weighted by atomic mass is 10.0. The van der Waals surface area contributed by atoms with E-state index in [-0.39, 0.29) is 0 Å². The summed E-state index contributed by atoms with van der Waals surface area (Å²) in [6.07, 6.45) is 4.20. The van der Waals surface area contributed by atoms with E-state index in [9.17, 15) is 0 Å². The maximum absolute atomic E-state index is 5.88. The van der Waals surface area contributed by atoms with Crippen LogP contribution in [-0.4, -0.2) is 23.0 Å². The highest BCUT2D eigenvalue weighted by molar-refractivity contribution is 5.36. The molecule has 1 aliphatic heterocycles. The number of nitrogen functional groups attached to an aromatic ring is 1. The monoisotopic (exact) mass is 195 g/mol. The first kappa shape index (κ1) is 9.52. The summed E-state index contributed by atoms with van der Waals surface area (Å²) in [5, 5.41) is 4.25. The molecular formula is C10H17N3O. The molecule has 14 heavy (non-hydrogen) atoms. The first-order valence-electron chi connectivity index (χ1n) is 5.13. The van der Waals surface area contributed by atoms with Crippen LogP contribution in [0, 0.1) is 12.8 Å². The summed E-state index contributed by atoms with van der Waals surface area (Å²) in [5.74, 6) is 1.36. The topological polar surface area (TPSA) is 53.1 Å². The minimum atomic E-state index is 0.574. The first-order valence-corrected chi connectivity index (χ1v) is 5.13. The van der Waals surface area contributed by atoms with E-state index in [0.29, 0.717) is 5.92 Å². The van der Waals surface area contributed by atoms with Crippen LogP contribution in [0.2, 0.25) is 0 Å². The molecule has 1 fully saturated rings. The largest absolute Gasteiger partial charge is 0.384 e. The molecule has 0 bridgehead atoms. The number of nitrogens with two attached hydrogens (primary N) is 1. The van der Waals surface area contributed by atoms with Crippen molar-refractivity contribution in [2.75, 3.05) is 18.9 Å². The van der Waals surface area contributed by atoms with E-state index in [0.717, 1.165) is 37.6 Å². The molecule has 1 aromatic rings. The molecule has 4 nitrogen and oxygen atoms in total. The van der Waals surface area contributed by atoms with Crippen LogP contribution in [0.25, 0.3) is 0 Å².